The molecule has 21 heavy (non-hydrogen) atoms. The molecule has 3 aromatic rings. The number of aromatic hydroxyl groups is 1. The molecule has 0 spiro atoms. The third kappa shape index (κ3) is 2.33. The first kappa shape index (κ1) is 13.2. The van der Waals surface area contributed by atoms with Crippen molar-refractivity contribution in [1.29, 1.82) is 0 Å². The highest BCUT2D eigenvalue weighted by Crippen LogP contribution is 2.29. The van der Waals surface area contributed by atoms with E-state index < -0.39 is 0 Å². The summed E-state index contributed by atoms with van der Waals surface area (Å²) >= 11 is 0. The number of hydrogen-bond donors (Lipinski definition) is 2. The van der Waals surface area contributed by atoms with Crippen LogP contribution in [-0.4, -0.2) is 20.8 Å². The van der Waals surface area contributed by atoms with Crippen molar-refractivity contribution in [2.75, 3.05) is 5.32 Å². The van der Waals surface area contributed by atoms with Crippen molar-refractivity contribution >= 4 is 22.5 Å². The number of benzene rings is 2. The van der Waals surface area contributed by atoms with Gasteiger partial charge in [-0.05, 0) is 18.4 Å². The molecule has 1 amide bonds. The van der Waals surface area contributed by atoms with Crippen LogP contribution in [0.4, 0.5) is 5.82 Å². The van der Waals surface area contributed by atoms with Gasteiger partial charge in [-0.2, -0.15) is 5.10 Å². The first-order valence-corrected chi connectivity index (χ1v) is 6.59. The molecule has 3 rings (SSSR count). The van der Waals surface area contributed by atoms with E-state index in [0.717, 1.165) is 11.1 Å². The minimum Gasteiger partial charge on any atom is -0.506 e. The number of nitrogens with zero attached hydrogens (tertiary/aromatic N) is 2. The molecule has 106 valence electrons. The van der Waals surface area contributed by atoms with Crippen LogP contribution in [0.3, 0.4) is 0 Å². The van der Waals surface area contributed by atoms with Crippen molar-refractivity contribution in [3.05, 3.63) is 53.7 Å². The summed E-state index contributed by atoms with van der Waals surface area (Å²) in [6.45, 7) is 1.85. The maximum absolute atomic E-state index is 12.3. The van der Waals surface area contributed by atoms with Gasteiger partial charge >= 0.3 is 0 Å². The summed E-state index contributed by atoms with van der Waals surface area (Å²) in [5.41, 5.74) is 1.06. The van der Waals surface area contributed by atoms with Gasteiger partial charge in [-0.3, -0.25) is 9.48 Å². The largest absolute Gasteiger partial charge is 0.506 e. The fraction of sp³-hybridized carbons (Fsp3) is 0.125. The molecule has 2 aromatic carbocycles. The van der Waals surface area contributed by atoms with E-state index in [1.807, 2.05) is 31.2 Å². The number of phenolic OH excluding ortho intramolecular Hbond substituents is 1. The molecule has 0 aliphatic rings. The van der Waals surface area contributed by atoms with Crippen LogP contribution in [0, 0.1) is 6.92 Å². The van der Waals surface area contributed by atoms with Gasteiger partial charge in [0, 0.05) is 18.5 Å². The molecule has 5 heteroatoms. The Labute approximate surface area is 121 Å². The van der Waals surface area contributed by atoms with E-state index >= 15 is 0 Å². The van der Waals surface area contributed by atoms with Crippen LogP contribution in [0.25, 0.3) is 10.8 Å². The summed E-state index contributed by atoms with van der Waals surface area (Å²) in [6.07, 6.45) is 0. The number of hydrogen-bond acceptors (Lipinski definition) is 3. The van der Waals surface area contributed by atoms with Crippen LogP contribution in [0.5, 0.6) is 5.75 Å². The number of anilines is 1. The molecule has 0 saturated carbocycles. The average molecular weight is 281 g/mol. The Bertz CT molecular complexity index is 837. The van der Waals surface area contributed by atoms with E-state index in [1.54, 1.807) is 29.9 Å². The zero-order valence-electron chi connectivity index (χ0n) is 11.8. The minimum atomic E-state index is -0.360. The second-order valence-electron chi connectivity index (χ2n) is 4.93. The van der Waals surface area contributed by atoms with Gasteiger partial charge in [-0.1, -0.05) is 30.3 Å². The van der Waals surface area contributed by atoms with Crippen LogP contribution in [0.15, 0.2) is 42.5 Å². The maximum atomic E-state index is 12.3. The van der Waals surface area contributed by atoms with Crippen molar-refractivity contribution in [3.8, 4) is 5.75 Å². The van der Waals surface area contributed by atoms with E-state index in [9.17, 15) is 9.90 Å². The molecular weight excluding hydrogens is 266 g/mol. The Balaban J connectivity index is 1.98. The number of nitrogens with one attached hydrogen (secondary N) is 1. The Morgan fingerprint density at radius 3 is 2.71 bits per heavy atom. The number of aryl methyl sites for hydroxylation is 2. The second kappa shape index (κ2) is 4.94. The van der Waals surface area contributed by atoms with Gasteiger partial charge in [0.1, 0.15) is 11.6 Å². The van der Waals surface area contributed by atoms with Crippen molar-refractivity contribution < 1.29 is 9.90 Å². The van der Waals surface area contributed by atoms with Crippen molar-refractivity contribution in [1.82, 2.24) is 9.78 Å². The molecule has 0 fully saturated rings. The van der Waals surface area contributed by atoms with Gasteiger partial charge in [-0.25, -0.2) is 0 Å². The van der Waals surface area contributed by atoms with Crippen LogP contribution in [0.1, 0.15) is 16.1 Å². The van der Waals surface area contributed by atoms with Gasteiger partial charge in [0.05, 0.1) is 11.3 Å². The lowest BCUT2D eigenvalue weighted by molar-refractivity contribution is 0.102. The monoisotopic (exact) mass is 281 g/mol. The molecular formula is C16H15N3O2. The highest BCUT2D eigenvalue weighted by atomic mass is 16.3. The molecule has 0 saturated heterocycles. The Hall–Kier alpha value is -2.82. The van der Waals surface area contributed by atoms with Crippen LogP contribution in [0.2, 0.25) is 0 Å². The topological polar surface area (TPSA) is 67.2 Å². The first-order chi connectivity index (χ1) is 10.1. The van der Waals surface area contributed by atoms with Gasteiger partial charge in [0.25, 0.3) is 5.91 Å². The second-order valence-corrected chi connectivity index (χ2v) is 4.93. The summed E-state index contributed by atoms with van der Waals surface area (Å²) in [6, 6.07) is 12.6. The molecule has 2 N–H and O–H groups in total. The predicted molar refractivity (Wildman–Crippen MR) is 81.5 cm³/mol. The number of aromatic nitrogens is 2. The summed E-state index contributed by atoms with van der Waals surface area (Å²) in [7, 11) is 1.75. The number of carbonyl (C=O) groups is 1. The van der Waals surface area contributed by atoms with E-state index in [1.165, 1.54) is 0 Å². The molecule has 0 aliphatic heterocycles. The van der Waals surface area contributed by atoms with Gasteiger partial charge in [-0.15, -0.1) is 0 Å². The highest BCUT2D eigenvalue weighted by molar-refractivity contribution is 6.09. The Kier molecular flexibility index (Phi) is 3.10. The zero-order valence-corrected chi connectivity index (χ0v) is 11.8. The number of rotatable bonds is 2. The minimum absolute atomic E-state index is 0.00973. The van der Waals surface area contributed by atoms with Crippen LogP contribution in [-0.2, 0) is 7.05 Å². The zero-order chi connectivity index (χ0) is 15.0. The smallest absolute Gasteiger partial charge is 0.260 e. The molecule has 1 heterocycles. The Morgan fingerprint density at radius 1 is 1.24 bits per heavy atom. The lowest BCUT2D eigenvalue weighted by Gasteiger charge is -2.09. The summed E-state index contributed by atoms with van der Waals surface area (Å²) in [4.78, 5) is 12.3. The van der Waals surface area contributed by atoms with Crippen LogP contribution < -0.4 is 5.32 Å². The molecule has 5 nitrogen and oxygen atoms in total. The fourth-order valence-electron chi connectivity index (χ4n) is 2.35. The molecule has 0 aliphatic carbocycles. The fourth-order valence-corrected chi connectivity index (χ4v) is 2.35. The first-order valence-electron chi connectivity index (χ1n) is 6.59. The highest BCUT2D eigenvalue weighted by Gasteiger charge is 2.15. The molecule has 0 bridgehead atoms. The van der Waals surface area contributed by atoms with E-state index in [2.05, 4.69) is 10.4 Å². The van der Waals surface area contributed by atoms with E-state index in [0.29, 0.717) is 11.2 Å². The molecule has 1 aromatic heterocycles. The van der Waals surface area contributed by atoms with Gasteiger partial charge in [0.2, 0.25) is 0 Å². The molecule has 0 atom stereocenters. The molecule has 0 unspecified atom stereocenters. The van der Waals surface area contributed by atoms with Gasteiger partial charge < -0.3 is 10.4 Å². The van der Waals surface area contributed by atoms with Crippen LogP contribution >= 0.6 is 0 Å². The average Bonchev–Trinajstić information content (AvgIpc) is 2.77. The SMILES string of the molecule is Cc1cc(NC(=O)c2ccc3ccccc3c2O)n(C)n1. The quantitative estimate of drug-likeness (QED) is 0.759. The Morgan fingerprint density at radius 2 is 2.00 bits per heavy atom. The third-order valence-corrected chi connectivity index (χ3v) is 3.39. The number of fused-ring (bicyclic) bond motifs is 1. The van der Waals surface area contributed by atoms with Gasteiger partial charge in [0.15, 0.2) is 0 Å². The summed E-state index contributed by atoms with van der Waals surface area (Å²) in [5, 5.41) is 18.8. The normalized spacial score (nSPS) is 10.8. The van der Waals surface area contributed by atoms with Crippen molar-refractivity contribution in [2.45, 2.75) is 6.92 Å². The number of phenols is 1. The number of amides is 1. The van der Waals surface area contributed by atoms with Crippen molar-refractivity contribution in [2.24, 2.45) is 7.05 Å². The van der Waals surface area contributed by atoms with E-state index in [-0.39, 0.29) is 17.2 Å². The summed E-state index contributed by atoms with van der Waals surface area (Å²) in [5.74, 6) is 0.218. The lowest BCUT2D eigenvalue weighted by Crippen LogP contribution is -2.14. The standard InChI is InChI=1S/C16H15N3O2/c1-10-9-14(19(2)18-10)17-16(21)13-8-7-11-5-3-4-6-12(11)15(13)20/h3-9,20H,1-2H3,(H,17,21). The maximum Gasteiger partial charge on any atom is 0.260 e. The van der Waals surface area contributed by atoms with Crippen molar-refractivity contribution in [3.63, 3.8) is 0 Å². The predicted octanol–water partition coefficient (Wildman–Crippen LogP) is 2.84. The summed E-state index contributed by atoms with van der Waals surface area (Å²) < 4.78 is 1.59. The lowest BCUT2D eigenvalue weighted by atomic mass is 10.0. The number of carbonyl (C=O) groups excluding carboxylic acids is 1. The molecule has 0 radical (unpaired) electrons. The van der Waals surface area contributed by atoms with E-state index in [4.69, 9.17) is 0 Å². The third-order valence-electron chi connectivity index (χ3n) is 3.39.